The molecule has 0 spiro atoms. The number of hydrogen-bond donors (Lipinski definition) is 4. The minimum atomic E-state index is -4.52. The number of nitrogens with zero attached hydrogens (tertiary/aromatic N) is 3. The molecule has 0 radical (unpaired) electrons. The number of aliphatic hydroxyl groups excluding tert-OH is 1. The number of nitrogens with one attached hydrogen (secondary N) is 1. The molecule has 148 valence electrons. The van der Waals surface area contributed by atoms with Gasteiger partial charge in [-0.25, -0.2) is 4.98 Å². The van der Waals surface area contributed by atoms with Crippen LogP contribution in [0.4, 0.5) is 5.95 Å². The van der Waals surface area contributed by atoms with Crippen LogP contribution in [0.5, 0.6) is 0 Å². The van der Waals surface area contributed by atoms with Crippen LogP contribution in [0.25, 0.3) is 11.2 Å². The molecule has 0 aromatic carbocycles. The van der Waals surface area contributed by atoms with Gasteiger partial charge in [0.2, 0.25) is 5.95 Å². The number of nitrogens with two attached hydrogens (primary N) is 2. The summed E-state index contributed by atoms with van der Waals surface area (Å²) in [7, 11) is -4.52. The third kappa shape index (κ3) is 3.91. The summed E-state index contributed by atoms with van der Waals surface area (Å²) < 4.78 is 28.2. The molecule has 2 fully saturated rings. The van der Waals surface area contributed by atoms with Gasteiger partial charge in [0.05, 0.1) is 6.61 Å². The number of imidazole rings is 1. The van der Waals surface area contributed by atoms with Gasteiger partial charge >= 0.3 is 29.6 Å². The number of rotatable bonds is 4. The molecule has 0 bridgehead atoms. The molecule has 2 aromatic rings. The Kier molecular flexibility index (Phi) is 6.59. The number of nitrogen functional groups attached to an aromatic ring is 1. The van der Waals surface area contributed by atoms with Crippen molar-refractivity contribution in [3.05, 3.63) is 10.4 Å². The van der Waals surface area contributed by atoms with E-state index in [0.29, 0.717) is 17.5 Å². The Morgan fingerprint density at radius 3 is 2.93 bits per heavy atom. The zero-order valence-electron chi connectivity index (χ0n) is 14.7. The molecule has 0 saturated carbocycles. The van der Waals surface area contributed by atoms with Gasteiger partial charge in [-0.15, -0.1) is 0 Å². The van der Waals surface area contributed by atoms with Crippen LogP contribution in [0.1, 0.15) is 6.23 Å². The number of thioether (sulfide) groups is 1. The van der Waals surface area contributed by atoms with Crippen LogP contribution in [0, 0.1) is 0 Å². The number of H-pyrrole nitrogens is 1. The van der Waals surface area contributed by atoms with Crippen molar-refractivity contribution >= 4 is 36.7 Å². The predicted molar refractivity (Wildman–Crippen MR) is 90.7 cm³/mol. The number of aromatic nitrogens is 4. The number of aliphatic hydroxyl groups is 1. The Labute approximate surface area is 184 Å². The smallest absolute Gasteiger partial charge is 0.756 e. The molecule has 16 heteroatoms. The third-order valence-corrected chi connectivity index (χ3v) is 6.05. The number of phosphoric acid groups is 1. The summed E-state index contributed by atoms with van der Waals surface area (Å²) in [5.74, 6) is 0.333. The maximum absolute atomic E-state index is 12.2. The van der Waals surface area contributed by atoms with Crippen LogP contribution in [-0.4, -0.2) is 61.8 Å². The quantitative estimate of drug-likeness (QED) is 0.199. The molecule has 0 amide bonds. The zero-order chi connectivity index (χ0) is 19.3. The third-order valence-electron chi connectivity index (χ3n) is 4.10. The van der Waals surface area contributed by atoms with Gasteiger partial charge in [0.15, 0.2) is 22.5 Å². The van der Waals surface area contributed by atoms with Crippen molar-refractivity contribution in [2.75, 3.05) is 24.6 Å². The second-order valence-electron chi connectivity index (χ2n) is 5.89. The standard InChI is InChI=1S/C12H17N6O7PS.Na/c13-1-2-27-12-15-5-8(16-11(14)17-9(5)20)18(12)10-6(19)7-4(24-10)3-23-26(21,22)25-7;/h4,6-7,10,19H,1-3,13H2,(H,21,22)(H3,14,16,17,20);/q;+1/p-1. The van der Waals surface area contributed by atoms with Crippen LogP contribution in [-0.2, 0) is 18.3 Å². The fraction of sp³-hybridized carbons (Fsp3) is 0.583. The first-order valence-corrected chi connectivity index (χ1v) is 10.3. The van der Waals surface area contributed by atoms with Crippen LogP contribution in [0.2, 0.25) is 0 Å². The van der Waals surface area contributed by atoms with E-state index in [1.165, 1.54) is 16.3 Å². The summed E-state index contributed by atoms with van der Waals surface area (Å²) in [6.45, 7) is 0.0441. The minimum absolute atomic E-state index is 0. The minimum Gasteiger partial charge on any atom is -0.756 e. The average molecular weight is 442 g/mol. The molecular formula is C12H16N6NaO7PS. The number of ether oxygens (including phenoxy) is 1. The number of aromatic amines is 1. The Bertz CT molecular complexity index is 987. The summed E-state index contributed by atoms with van der Waals surface area (Å²) >= 11 is 1.22. The van der Waals surface area contributed by atoms with Crippen molar-refractivity contribution in [2.45, 2.75) is 29.7 Å². The fourth-order valence-electron chi connectivity index (χ4n) is 3.00. The van der Waals surface area contributed by atoms with Crippen molar-refractivity contribution in [2.24, 2.45) is 5.73 Å². The topological polar surface area (TPSA) is 204 Å². The molecule has 2 aliphatic rings. The second kappa shape index (κ2) is 8.32. The van der Waals surface area contributed by atoms with Crippen LogP contribution >= 0.6 is 19.6 Å². The van der Waals surface area contributed by atoms with Gasteiger partial charge in [-0.3, -0.25) is 18.9 Å². The molecule has 4 heterocycles. The van der Waals surface area contributed by atoms with Gasteiger partial charge in [0, 0.05) is 12.3 Å². The Balaban J connectivity index is 0.00000225. The molecular weight excluding hydrogens is 426 g/mol. The fourth-order valence-corrected chi connectivity index (χ4v) is 4.74. The van der Waals surface area contributed by atoms with Crippen molar-refractivity contribution in [3.63, 3.8) is 0 Å². The first kappa shape index (κ1) is 22.2. The van der Waals surface area contributed by atoms with E-state index in [2.05, 4.69) is 19.5 Å². The maximum Gasteiger partial charge on any atom is 1.00 e. The molecule has 4 rings (SSSR count). The zero-order valence-corrected chi connectivity index (χ0v) is 18.4. The van der Waals surface area contributed by atoms with Crippen LogP contribution in [0.3, 0.4) is 0 Å². The summed E-state index contributed by atoms with van der Waals surface area (Å²) in [4.78, 5) is 34.4. The average Bonchev–Trinajstić information content (AvgIpc) is 3.10. The summed E-state index contributed by atoms with van der Waals surface area (Å²) in [5, 5.41) is 11.0. The van der Waals surface area contributed by atoms with E-state index >= 15 is 0 Å². The van der Waals surface area contributed by atoms with Gasteiger partial charge in [0.25, 0.3) is 13.4 Å². The molecule has 5 atom stereocenters. The first-order chi connectivity index (χ1) is 12.8. The van der Waals surface area contributed by atoms with Crippen molar-refractivity contribution in [1.29, 1.82) is 0 Å². The predicted octanol–water partition coefficient (Wildman–Crippen LogP) is -5.10. The Morgan fingerprint density at radius 2 is 2.21 bits per heavy atom. The summed E-state index contributed by atoms with van der Waals surface area (Å²) in [6, 6.07) is 0. The van der Waals surface area contributed by atoms with Gasteiger partial charge in [-0.2, -0.15) is 4.98 Å². The van der Waals surface area contributed by atoms with E-state index in [-0.39, 0.29) is 53.3 Å². The SMILES string of the molecule is NCCSc1nc2c(=O)[nH]c(N)nc2n1C1OC2COP(=O)([O-])OC2C1O.[Na+]. The molecule has 2 aromatic heterocycles. The van der Waals surface area contributed by atoms with Crippen molar-refractivity contribution in [1.82, 2.24) is 19.5 Å². The van der Waals surface area contributed by atoms with Gasteiger partial charge < -0.3 is 35.3 Å². The normalized spacial score (nSPS) is 32.2. The van der Waals surface area contributed by atoms with E-state index < -0.39 is 37.9 Å². The molecule has 0 aliphatic carbocycles. The molecule has 6 N–H and O–H groups in total. The van der Waals surface area contributed by atoms with Crippen LogP contribution in [0.15, 0.2) is 9.95 Å². The molecule has 2 saturated heterocycles. The summed E-state index contributed by atoms with van der Waals surface area (Å²) in [6.07, 6.45) is -4.47. The Hall–Kier alpha value is -0.510. The van der Waals surface area contributed by atoms with E-state index in [0.717, 1.165) is 0 Å². The van der Waals surface area contributed by atoms with E-state index in [4.69, 9.17) is 20.7 Å². The van der Waals surface area contributed by atoms with E-state index in [1.54, 1.807) is 0 Å². The van der Waals surface area contributed by atoms with Gasteiger partial charge in [0.1, 0.15) is 18.3 Å². The Morgan fingerprint density at radius 1 is 1.46 bits per heavy atom. The number of fused-ring (bicyclic) bond motifs is 2. The second-order valence-corrected chi connectivity index (χ2v) is 8.32. The largest absolute Gasteiger partial charge is 1.00 e. The number of phosphoric ester groups is 1. The van der Waals surface area contributed by atoms with Gasteiger partial charge in [-0.05, 0) is 0 Å². The summed E-state index contributed by atoms with van der Waals surface area (Å²) in [5.41, 5.74) is 10.7. The molecule has 28 heavy (non-hydrogen) atoms. The maximum atomic E-state index is 12.2. The molecule has 2 aliphatic heterocycles. The van der Waals surface area contributed by atoms with E-state index in [9.17, 15) is 19.4 Å². The number of anilines is 1. The van der Waals surface area contributed by atoms with Crippen molar-refractivity contribution in [3.8, 4) is 0 Å². The van der Waals surface area contributed by atoms with E-state index in [1.807, 2.05) is 0 Å². The molecule has 13 nitrogen and oxygen atoms in total. The van der Waals surface area contributed by atoms with Crippen molar-refractivity contribution < 1.29 is 57.9 Å². The monoisotopic (exact) mass is 442 g/mol. The molecule has 5 unspecified atom stereocenters. The van der Waals surface area contributed by atoms with Crippen LogP contribution < -0.4 is 51.5 Å². The van der Waals surface area contributed by atoms with Gasteiger partial charge in [-0.1, -0.05) is 11.8 Å². The first-order valence-electron chi connectivity index (χ1n) is 7.89. The number of hydrogen-bond acceptors (Lipinski definition) is 12.